The van der Waals surface area contributed by atoms with Crippen molar-refractivity contribution in [2.75, 3.05) is 5.32 Å². The van der Waals surface area contributed by atoms with E-state index in [9.17, 15) is 4.79 Å². The molecule has 2 N–H and O–H groups in total. The quantitative estimate of drug-likeness (QED) is 0.814. The van der Waals surface area contributed by atoms with Crippen molar-refractivity contribution in [2.45, 2.75) is 0 Å². The van der Waals surface area contributed by atoms with Crippen LogP contribution in [0, 0.1) is 11.3 Å². The highest BCUT2D eigenvalue weighted by atomic mass is 79.9. The first-order valence-corrected chi connectivity index (χ1v) is 6.66. The second kappa shape index (κ2) is 6.32. The van der Waals surface area contributed by atoms with Gasteiger partial charge in [0, 0.05) is 5.69 Å². The first-order chi connectivity index (χ1) is 9.58. The molecule has 5 nitrogen and oxygen atoms in total. The summed E-state index contributed by atoms with van der Waals surface area (Å²) in [5.74, 6) is -0.309. The van der Waals surface area contributed by atoms with Crippen LogP contribution in [0.15, 0.2) is 45.5 Å². The number of hydrogen-bond donors (Lipinski definition) is 2. The minimum absolute atomic E-state index is 0.123. The molecule has 20 heavy (non-hydrogen) atoms. The van der Waals surface area contributed by atoms with Crippen LogP contribution in [-0.4, -0.2) is 11.0 Å². The van der Waals surface area contributed by atoms with Crippen LogP contribution in [0.3, 0.4) is 0 Å². The lowest BCUT2D eigenvalue weighted by atomic mass is 10.2. The van der Waals surface area contributed by atoms with Crippen molar-refractivity contribution in [1.82, 2.24) is 5.32 Å². The number of nitrogens with one attached hydrogen (secondary N) is 2. The Balaban J connectivity index is 1.99. The molecule has 100 valence electrons. The molecule has 0 atom stereocenters. The van der Waals surface area contributed by atoms with Gasteiger partial charge in [-0.3, -0.25) is 10.1 Å². The number of rotatable bonds is 2. The van der Waals surface area contributed by atoms with E-state index in [4.69, 9.17) is 21.9 Å². The van der Waals surface area contributed by atoms with Gasteiger partial charge in [0.25, 0.3) is 5.91 Å². The molecule has 0 unspecified atom stereocenters. The molecular weight excluding hydrogens is 342 g/mol. The number of nitrogens with zero attached hydrogens (tertiary/aromatic N) is 1. The van der Waals surface area contributed by atoms with Crippen LogP contribution in [0.4, 0.5) is 5.69 Å². The molecule has 0 aliphatic carbocycles. The Kier molecular flexibility index (Phi) is 4.50. The van der Waals surface area contributed by atoms with Gasteiger partial charge in [-0.25, -0.2) is 0 Å². The minimum atomic E-state index is -0.454. The summed E-state index contributed by atoms with van der Waals surface area (Å²) in [6.07, 6.45) is 0. The van der Waals surface area contributed by atoms with Gasteiger partial charge >= 0.3 is 0 Å². The van der Waals surface area contributed by atoms with Crippen molar-refractivity contribution in [3.63, 3.8) is 0 Å². The summed E-state index contributed by atoms with van der Waals surface area (Å²) in [7, 11) is 0. The lowest BCUT2D eigenvalue weighted by Gasteiger charge is -2.08. The number of hydrogen-bond acceptors (Lipinski definition) is 4. The van der Waals surface area contributed by atoms with Crippen molar-refractivity contribution in [3.05, 3.63) is 52.4 Å². The Hall–Kier alpha value is -2.17. The fourth-order valence-electron chi connectivity index (χ4n) is 1.43. The second-order valence-electron chi connectivity index (χ2n) is 3.70. The highest BCUT2D eigenvalue weighted by molar-refractivity contribution is 9.10. The topological polar surface area (TPSA) is 78.1 Å². The number of carbonyl (C=O) groups is 1. The van der Waals surface area contributed by atoms with E-state index in [1.165, 1.54) is 6.07 Å². The lowest BCUT2D eigenvalue weighted by Crippen LogP contribution is -2.33. The van der Waals surface area contributed by atoms with Gasteiger partial charge in [-0.2, -0.15) is 5.26 Å². The zero-order valence-corrected chi connectivity index (χ0v) is 12.4. The Morgan fingerprint density at radius 1 is 1.35 bits per heavy atom. The molecule has 0 saturated carbocycles. The molecule has 0 saturated heterocycles. The smallest absolute Gasteiger partial charge is 0.293 e. The maximum atomic E-state index is 11.8. The minimum Gasteiger partial charge on any atom is -0.444 e. The Labute approximate surface area is 128 Å². The van der Waals surface area contributed by atoms with E-state index in [1.54, 1.807) is 30.3 Å². The summed E-state index contributed by atoms with van der Waals surface area (Å²) >= 11 is 8.13. The number of anilines is 1. The number of furan rings is 1. The fourth-order valence-corrected chi connectivity index (χ4v) is 1.95. The van der Waals surface area contributed by atoms with E-state index in [0.717, 1.165) is 0 Å². The number of halogens is 1. The molecule has 0 fully saturated rings. The maximum absolute atomic E-state index is 11.8. The number of carbonyl (C=O) groups excluding carboxylic acids is 1. The van der Waals surface area contributed by atoms with Gasteiger partial charge in [0.1, 0.15) is 0 Å². The van der Waals surface area contributed by atoms with Gasteiger partial charge in [0.15, 0.2) is 15.5 Å². The molecule has 1 aromatic heterocycles. The average molecular weight is 350 g/mol. The summed E-state index contributed by atoms with van der Waals surface area (Å²) in [5, 5.41) is 14.2. The van der Waals surface area contributed by atoms with Crippen LogP contribution < -0.4 is 10.6 Å². The predicted octanol–water partition coefficient (Wildman–Crippen LogP) is 3.04. The first-order valence-electron chi connectivity index (χ1n) is 5.46. The number of benzene rings is 1. The molecule has 1 heterocycles. The van der Waals surface area contributed by atoms with Crippen molar-refractivity contribution < 1.29 is 9.21 Å². The summed E-state index contributed by atoms with van der Waals surface area (Å²) in [6.45, 7) is 0. The molecule has 1 aromatic carbocycles. The second-order valence-corrected chi connectivity index (χ2v) is 4.89. The first kappa shape index (κ1) is 14.2. The fraction of sp³-hybridized carbons (Fsp3) is 0. The third kappa shape index (κ3) is 3.66. The monoisotopic (exact) mass is 349 g/mol. The largest absolute Gasteiger partial charge is 0.444 e. The predicted molar refractivity (Wildman–Crippen MR) is 81.3 cm³/mol. The van der Waals surface area contributed by atoms with E-state index < -0.39 is 5.91 Å². The van der Waals surface area contributed by atoms with E-state index in [1.807, 2.05) is 6.07 Å². The summed E-state index contributed by atoms with van der Waals surface area (Å²) in [6, 6.07) is 11.9. The van der Waals surface area contributed by atoms with Crippen molar-refractivity contribution >= 4 is 44.9 Å². The molecule has 0 spiro atoms. The summed E-state index contributed by atoms with van der Waals surface area (Å²) in [4.78, 5) is 11.8. The van der Waals surface area contributed by atoms with Crippen LogP contribution >= 0.6 is 28.1 Å². The normalized spacial score (nSPS) is 9.60. The van der Waals surface area contributed by atoms with Crippen LogP contribution in [0.5, 0.6) is 0 Å². The Bertz CT molecular complexity index is 706. The highest BCUT2D eigenvalue weighted by Gasteiger charge is 2.12. The Morgan fingerprint density at radius 2 is 2.15 bits per heavy atom. The van der Waals surface area contributed by atoms with Gasteiger partial charge in [0.05, 0.1) is 11.6 Å². The van der Waals surface area contributed by atoms with E-state index in [-0.39, 0.29) is 10.9 Å². The molecule has 0 aliphatic heterocycles. The van der Waals surface area contributed by atoms with Crippen molar-refractivity contribution in [2.24, 2.45) is 0 Å². The molecular formula is C13H8BrN3O2S. The number of thiocarbonyl (C=S) groups is 1. The summed E-state index contributed by atoms with van der Waals surface area (Å²) in [5.41, 5.74) is 1.12. The standard InChI is InChI=1S/C13H8BrN3O2S/c14-11-5-4-10(19-11)12(18)17-13(20)16-9-3-1-2-8(6-9)7-15/h1-6H,(H2,16,17,18,20). The van der Waals surface area contributed by atoms with E-state index in [0.29, 0.717) is 15.9 Å². The van der Waals surface area contributed by atoms with Crippen LogP contribution in [0.2, 0.25) is 0 Å². The van der Waals surface area contributed by atoms with Crippen molar-refractivity contribution in [3.8, 4) is 6.07 Å². The molecule has 0 aliphatic rings. The summed E-state index contributed by atoms with van der Waals surface area (Å²) < 4.78 is 5.57. The van der Waals surface area contributed by atoms with Crippen LogP contribution in [0.25, 0.3) is 0 Å². The van der Waals surface area contributed by atoms with Gasteiger partial charge in [-0.1, -0.05) is 6.07 Å². The van der Waals surface area contributed by atoms with Gasteiger partial charge in [-0.15, -0.1) is 0 Å². The molecule has 1 amide bonds. The van der Waals surface area contributed by atoms with E-state index >= 15 is 0 Å². The molecule has 0 radical (unpaired) electrons. The Morgan fingerprint density at radius 3 is 2.80 bits per heavy atom. The average Bonchev–Trinajstić information content (AvgIpc) is 2.85. The maximum Gasteiger partial charge on any atom is 0.293 e. The van der Waals surface area contributed by atoms with Crippen LogP contribution in [0.1, 0.15) is 16.1 Å². The van der Waals surface area contributed by atoms with Crippen LogP contribution in [-0.2, 0) is 0 Å². The highest BCUT2D eigenvalue weighted by Crippen LogP contribution is 2.14. The zero-order chi connectivity index (χ0) is 14.5. The molecule has 7 heteroatoms. The van der Waals surface area contributed by atoms with Crippen molar-refractivity contribution in [1.29, 1.82) is 5.26 Å². The zero-order valence-electron chi connectivity index (χ0n) is 10.0. The number of nitriles is 1. The number of amides is 1. The van der Waals surface area contributed by atoms with Gasteiger partial charge in [0.2, 0.25) is 0 Å². The van der Waals surface area contributed by atoms with Gasteiger partial charge in [-0.05, 0) is 58.5 Å². The third-order valence-electron chi connectivity index (χ3n) is 2.27. The molecule has 2 aromatic rings. The van der Waals surface area contributed by atoms with E-state index in [2.05, 4.69) is 26.6 Å². The third-order valence-corrected chi connectivity index (χ3v) is 2.90. The van der Waals surface area contributed by atoms with Gasteiger partial charge < -0.3 is 9.73 Å². The molecule has 0 bridgehead atoms. The SMILES string of the molecule is N#Cc1cccc(NC(=S)NC(=O)c2ccc(Br)o2)c1. The lowest BCUT2D eigenvalue weighted by molar-refractivity contribution is 0.0949. The molecule has 2 rings (SSSR count).